The number of benzene rings is 2. The number of hydrogen-bond donors (Lipinski definition) is 0. The number of ether oxygens (including phenoxy) is 1. The van der Waals surface area contributed by atoms with Gasteiger partial charge in [-0.2, -0.15) is 0 Å². The van der Waals surface area contributed by atoms with Crippen LogP contribution in [-0.4, -0.2) is 64.2 Å². The molecule has 1 heterocycles. The Morgan fingerprint density at radius 3 is 2.27 bits per heavy atom. The predicted octanol–water partition coefficient (Wildman–Crippen LogP) is 4.31. The van der Waals surface area contributed by atoms with Crippen LogP contribution in [0.15, 0.2) is 36.4 Å². The molecular formula is C22H29ClN4O2S. The van der Waals surface area contributed by atoms with Gasteiger partial charge < -0.3 is 14.5 Å². The summed E-state index contributed by atoms with van der Waals surface area (Å²) in [5.41, 5.74) is 3.64. The van der Waals surface area contributed by atoms with E-state index < -0.39 is 0 Å². The third-order valence-electron chi connectivity index (χ3n) is 4.79. The lowest BCUT2D eigenvalue weighted by Crippen LogP contribution is -2.36. The van der Waals surface area contributed by atoms with Crippen molar-refractivity contribution in [3.05, 3.63) is 47.5 Å². The van der Waals surface area contributed by atoms with Crippen LogP contribution in [0.1, 0.15) is 15.9 Å². The van der Waals surface area contributed by atoms with Crippen LogP contribution >= 0.6 is 23.7 Å². The van der Waals surface area contributed by atoms with Gasteiger partial charge >= 0.3 is 0 Å². The number of rotatable bonds is 7. The Morgan fingerprint density at radius 1 is 1.03 bits per heavy atom. The summed E-state index contributed by atoms with van der Waals surface area (Å²) in [6.45, 7) is 3.35. The average molecular weight is 449 g/mol. The maximum atomic E-state index is 13.4. The van der Waals surface area contributed by atoms with Gasteiger partial charge in [-0.05, 0) is 56.9 Å². The zero-order chi connectivity index (χ0) is 21.1. The van der Waals surface area contributed by atoms with E-state index in [1.165, 1.54) is 11.3 Å². The molecular weight excluding hydrogens is 420 g/mol. The Bertz CT molecular complexity index is 1000. The fourth-order valence-corrected chi connectivity index (χ4v) is 4.10. The van der Waals surface area contributed by atoms with Gasteiger partial charge in [0.15, 0.2) is 5.13 Å². The Labute approximate surface area is 188 Å². The molecule has 0 saturated carbocycles. The number of carbonyl (C=O) groups is 1. The Hall–Kier alpha value is -2.35. The molecule has 6 nitrogen and oxygen atoms in total. The first-order chi connectivity index (χ1) is 13.8. The molecule has 0 aliphatic heterocycles. The van der Waals surface area contributed by atoms with Gasteiger partial charge in [-0.1, -0.05) is 17.4 Å². The number of nitrogens with zero attached hydrogens (tertiary/aromatic N) is 4. The minimum atomic E-state index is -0.0483. The second-order valence-electron chi connectivity index (χ2n) is 7.46. The highest BCUT2D eigenvalue weighted by Crippen LogP contribution is 2.36. The lowest BCUT2D eigenvalue weighted by atomic mass is 10.1. The van der Waals surface area contributed by atoms with E-state index >= 15 is 0 Å². The molecule has 0 radical (unpaired) electrons. The van der Waals surface area contributed by atoms with Crippen molar-refractivity contribution in [2.24, 2.45) is 0 Å². The molecule has 2 aromatic carbocycles. The number of carbonyl (C=O) groups excluding carboxylic acids is 1. The molecule has 3 aromatic rings. The van der Waals surface area contributed by atoms with E-state index in [0.29, 0.717) is 17.2 Å². The maximum absolute atomic E-state index is 13.4. The van der Waals surface area contributed by atoms with E-state index in [1.807, 2.05) is 69.5 Å². The van der Waals surface area contributed by atoms with Gasteiger partial charge in [-0.3, -0.25) is 9.69 Å². The molecule has 8 heteroatoms. The molecule has 0 atom stereocenters. The number of thiazole rings is 1. The van der Waals surface area contributed by atoms with E-state index in [4.69, 9.17) is 9.72 Å². The fraction of sp³-hybridized carbons (Fsp3) is 0.364. The van der Waals surface area contributed by atoms with Crippen molar-refractivity contribution in [2.45, 2.75) is 6.92 Å². The van der Waals surface area contributed by atoms with Gasteiger partial charge in [0.2, 0.25) is 0 Å². The van der Waals surface area contributed by atoms with Crippen LogP contribution in [0.5, 0.6) is 5.75 Å². The molecule has 0 fully saturated rings. The van der Waals surface area contributed by atoms with Gasteiger partial charge in [-0.25, -0.2) is 4.98 Å². The van der Waals surface area contributed by atoms with E-state index in [2.05, 4.69) is 11.8 Å². The molecule has 0 aliphatic rings. The van der Waals surface area contributed by atoms with E-state index in [-0.39, 0.29) is 18.3 Å². The molecule has 3 rings (SSSR count). The summed E-state index contributed by atoms with van der Waals surface area (Å²) in [4.78, 5) is 24.0. The smallest absolute Gasteiger partial charge is 0.260 e. The van der Waals surface area contributed by atoms with Crippen molar-refractivity contribution in [3.8, 4) is 5.75 Å². The summed E-state index contributed by atoms with van der Waals surface area (Å²) >= 11 is 1.53. The van der Waals surface area contributed by atoms with Crippen molar-refractivity contribution >= 4 is 50.7 Å². The number of halogens is 1. The van der Waals surface area contributed by atoms with Crippen molar-refractivity contribution in [1.82, 2.24) is 9.88 Å². The Balaban J connectivity index is 0.00000320. The quantitative estimate of drug-likeness (QED) is 0.539. The summed E-state index contributed by atoms with van der Waals surface area (Å²) in [6, 6.07) is 11.6. The summed E-state index contributed by atoms with van der Waals surface area (Å²) in [7, 11) is 9.61. The third-order valence-corrected chi connectivity index (χ3v) is 6.00. The number of fused-ring (bicyclic) bond motifs is 1. The summed E-state index contributed by atoms with van der Waals surface area (Å²) < 4.78 is 6.53. The Morgan fingerprint density at radius 2 is 1.70 bits per heavy atom. The first-order valence-corrected chi connectivity index (χ1v) is 10.3. The maximum Gasteiger partial charge on any atom is 0.260 e. The topological polar surface area (TPSA) is 48.9 Å². The zero-order valence-corrected chi connectivity index (χ0v) is 19.9. The van der Waals surface area contributed by atoms with Crippen molar-refractivity contribution in [2.75, 3.05) is 58.2 Å². The van der Waals surface area contributed by atoms with Gasteiger partial charge in [0.05, 0.1) is 11.8 Å². The SMILES string of the molecule is COc1ccc(C)c2sc(N(CCN(C)C)C(=O)c3ccc(N(C)C)cc3)nc12.Cl. The summed E-state index contributed by atoms with van der Waals surface area (Å²) in [5.74, 6) is 0.677. The van der Waals surface area contributed by atoms with Crippen LogP contribution in [0.4, 0.5) is 10.8 Å². The number of likely N-dealkylation sites (N-methyl/N-ethyl adjacent to an activating group) is 1. The van der Waals surface area contributed by atoms with Crippen LogP contribution in [0.2, 0.25) is 0 Å². The molecule has 0 saturated heterocycles. The van der Waals surface area contributed by atoms with E-state index in [1.54, 1.807) is 12.0 Å². The van der Waals surface area contributed by atoms with Crippen molar-refractivity contribution < 1.29 is 9.53 Å². The zero-order valence-electron chi connectivity index (χ0n) is 18.3. The molecule has 0 N–H and O–H groups in total. The van der Waals surface area contributed by atoms with E-state index in [0.717, 1.165) is 33.8 Å². The van der Waals surface area contributed by atoms with Gasteiger partial charge in [0.1, 0.15) is 11.3 Å². The van der Waals surface area contributed by atoms with Gasteiger partial charge in [-0.15, -0.1) is 12.4 Å². The number of methoxy groups -OCH3 is 1. The molecule has 1 amide bonds. The molecule has 0 unspecified atom stereocenters. The summed E-state index contributed by atoms with van der Waals surface area (Å²) in [5, 5.41) is 0.691. The first kappa shape index (κ1) is 23.9. The molecule has 30 heavy (non-hydrogen) atoms. The van der Waals surface area contributed by atoms with Crippen LogP contribution in [0.25, 0.3) is 10.2 Å². The molecule has 0 aliphatic carbocycles. The minimum absolute atomic E-state index is 0. The summed E-state index contributed by atoms with van der Waals surface area (Å²) in [6.07, 6.45) is 0. The molecule has 162 valence electrons. The highest BCUT2D eigenvalue weighted by Gasteiger charge is 2.23. The molecule has 0 bridgehead atoms. The molecule has 1 aromatic heterocycles. The fourth-order valence-electron chi connectivity index (χ4n) is 3.02. The Kier molecular flexibility index (Phi) is 8.06. The van der Waals surface area contributed by atoms with E-state index in [9.17, 15) is 4.79 Å². The van der Waals surface area contributed by atoms with Crippen LogP contribution in [-0.2, 0) is 0 Å². The number of aryl methyl sites for hydroxylation is 1. The largest absolute Gasteiger partial charge is 0.494 e. The van der Waals surface area contributed by atoms with Gasteiger partial charge in [0.25, 0.3) is 5.91 Å². The number of hydrogen-bond acceptors (Lipinski definition) is 6. The first-order valence-electron chi connectivity index (χ1n) is 9.50. The highest BCUT2D eigenvalue weighted by atomic mass is 35.5. The molecule has 0 spiro atoms. The van der Waals surface area contributed by atoms with Crippen LogP contribution in [0.3, 0.4) is 0 Å². The predicted molar refractivity (Wildman–Crippen MR) is 129 cm³/mol. The van der Waals surface area contributed by atoms with Crippen LogP contribution < -0.4 is 14.5 Å². The lowest BCUT2D eigenvalue weighted by molar-refractivity contribution is 0.0985. The highest BCUT2D eigenvalue weighted by molar-refractivity contribution is 7.22. The average Bonchev–Trinajstić information content (AvgIpc) is 3.14. The van der Waals surface area contributed by atoms with Crippen LogP contribution in [0, 0.1) is 6.92 Å². The number of aromatic nitrogens is 1. The minimum Gasteiger partial charge on any atom is -0.494 e. The second kappa shape index (κ2) is 10.1. The van der Waals surface area contributed by atoms with Crippen molar-refractivity contribution in [1.29, 1.82) is 0 Å². The standard InChI is InChI=1S/C22H28N4O2S.ClH/c1-15-7-12-18(28-6)19-20(15)29-22(23-19)26(14-13-24(2)3)21(27)16-8-10-17(11-9-16)25(4)5;/h7-12H,13-14H2,1-6H3;1H. The monoisotopic (exact) mass is 448 g/mol. The van der Waals surface area contributed by atoms with Crippen molar-refractivity contribution in [3.63, 3.8) is 0 Å². The number of anilines is 2. The lowest BCUT2D eigenvalue weighted by Gasteiger charge is -2.22. The second-order valence-corrected chi connectivity index (χ2v) is 8.44. The third kappa shape index (κ3) is 5.03. The normalized spacial score (nSPS) is 10.8. The number of amides is 1. The van der Waals surface area contributed by atoms with Gasteiger partial charge in [0, 0.05) is 38.4 Å².